The van der Waals surface area contributed by atoms with Crippen molar-refractivity contribution in [1.29, 1.82) is 0 Å². The minimum atomic E-state index is -3.89. The summed E-state index contributed by atoms with van der Waals surface area (Å²) in [7, 11) is -3.89. The van der Waals surface area contributed by atoms with Crippen LogP contribution in [0.1, 0.15) is 0 Å². The van der Waals surface area contributed by atoms with E-state index >= 15 is 0 Å². The van der Waals surface area contributed by atoms with Gasteiger partial charge in [0.25, 0.3) is 0 Å². The molecule has 0 radical (unpaired) electrons. The molecule has 0 aliphatic heterocycles. The van der Waals surface area contributed by atoms with E-state index < -0.39 is 13.2 Å². The molecule has 0 bridgehead atoms. The van der Waals surface area contributed by atoms with E-state index in [-0.39, 0.29) is 24.8 Å². The quantitative estimate of drug-likeness (QED) is 0.537. The molecule has 0 aromatic rings. The topological polar surface area (TPSA) is 20.3 Å². The number of halogens is 4. The van der Waals surface area contributed by atoms with Gasteiger partial charge in [-0.3, -0.25) is 4.57 Å². The molecule has 0 spiro atoms. The first-order valence-corrected chi connectivity index (χ1v) is 6.64. The summed E-state index contributed by atoms with van der Waals surface area (Å²) in [6.45, 7) is 0.406. The number of nitrogens with zero attached hydrogens (tertiary/aromatic N) is 1. The van der Waals surface area contributed by atoms with Gasteiger partial charge in [0.15, 0.2) is 0 Å². The molecule has 0 amide bonds. The van der Waals surface area contributed by atoms with Crippen molar-refractivity contribution < 1.29 is 8.76 Å². The smallest absolute Gasteiger partial charge is 0.268 e. The first kappa shape index (κ1) is 13.0. The molecule has 0 aliphatic carbocycles. The van der Waals surface area contributed by atoms with Gasteiger partial charge in [-0.05, 0) is 0 Å². The molecule has 0 fully saturated rings. The molecular formula is C5H10Cl3FNOP. The van der Waals surface area contributed by atoms with E-state index in [2.05, 4.69) is 0 Å². The minimum Gasteiger partial charge on any atom is -0.268 e. The van der Waals surface area contributed by atoms with Gasteiger partial charge in [0.2, 0.25) is 0 Å². The largest absolute Gasteiger partial charge is 0.324 e. The highest BCUT2D eigenvalue weighted by Crippen LogP contribution is 2.51. The highest BCUT2D eigenvalue weighted by Gasteiger charge is 2.27. The third-order valence-corrected chi connectivity index (χ3v) is 4.02. The van der Waals surface area contributed by atoms with E-state index in [1.54, 1.807) is 0 Å². The van der Waals surface area contributed by atoms with Gasteiger partial charge in [0.1, 0.15) is 5.62 Å². The Morgan fingerprint density at radius 3 is 1.83 bits per heavy atom. The number of hydrogen-bond donors (Lipinski definition) is 0. The summed E-state index contributed by atoms with van der Waals surface area (Å²) in [6, 6.07) is 0. The van der Waals surface area contributed by atoms with E-state index in [0.717, 1.165) is 4.67 Å². The molecule has 0 N–H and O–H groups in total. The van der Waals surface area contributed by atoms with Gasteiger partial charge < -0.3 is 0 Å². The highest BCUT2D eigenvalue weighted by molar-refractivity contribution is 7.57. The number of rotatable bonds is 6. The number of alkyl halides is 3. The normalized spacial score (nSPS) is 16.4. The predicted octanol–water partition coefficient (Wildman–Crippen LogP) is 3.12. The second-order valence-electron chi connectivity index (χ2n) is 2.07. The van der Waals surface area contributed by atoms with Crippen LogP contribution in [-0.4, -0.2) is 35.1 Å². The molecule has 0 saturated heterocycles. The zero-order valence-electron chi connectivity index (χ0n) is 6.35. The van der Waals surface area contributed by atoms with Crippen LogP contribution in [-0.2, 0) is 4.57 Å². The molecule has 0 aromatic heterocycles. The summed E-state index contributed by atoms with van der Waals surface area (Å²) in [5.74, 6) is 0.420. The summed E-state index contributed by atoms with van der Waals surface area (Å²) in [6.07, 6.45) is 0. The summed E-state index contributed by atoms with van der Waals surface area (Å²) < 4.78 is 25.3. The van der Waals surface area contributed by atoms with Crippen molar-refractivity contribution in [2.24, 2.45) is 0 Å². The zero-order valence-corrected chi connectivity index (χ0v) is 9.51. The van der Waals surface area contributed by atoms with Gasteiger partial charge in [-0.25, -0.2) is 4.67 Å². The molecule has 0 unspecified atom stereocenters. The van der Waals surface area contributed by atoms with Gasteiger partial charge in [-0.15, -0.1) is 34.8 Å². The summed E-state index contributed by atoms with van der Waals surface area (Å²) >= 11 is 16.0. The standard InChI is InChI=1S/C5H10Cl3FNOP/c6-1-3-10(4-2-7)12(9,11)5-8/h1-5H2/t12-/m0/s1. The lowest BCUT2D eigenvalue weighted by Crippen LogP contribution is -2.23. The van der Waals surface area contributed by atoms with Crippen molar-refractivity contribution in [2.45, 2.75) is 0 Å². The van der Waals surface area contributed by atoms with Crippen LogP contribution in [0.2, 0.25) is 0 Å². The Bertz CT molecular complexity index is 165. The summed E-state index contributed by atoms with van der Waals surface area (Å²) in [5.41, 5.74) is -0.513. The van der Waals surface area contributed by atoms with Crippen LogP contribution in [0.5, 0.6) is 0 Å². The molecule has 0 heterocycles. The Morgan fingerprint density at radius 1 is 1.17 bits per heavy atom. The molecule has 0 aromatic carbocycles. The monoisotopic (exact) mass is 255 g/mol. The zero-order chi connectivity index (χ0) is 9.61. The van der Waals surface area contributed by atoms with E-state index in [0.29, 0.717) is 0 Å². The molecule has 0 rings (SSSR count). The molecule has 74 valence electrons. The van der Waals surface area contributed by atoms with Gasteiger partial charge >= 0.3 is 7.60 Å². The van der Waals surface area contributed by atoms with Crippen molar-refractivity contribution in [3.8, 4) is 0 Å². The summed E-state index contributed by atoms with van der Waals surface area (Å²) in [5, 5.41) is 0. The van der Waals surface area contributed by atoms with Gasteiger partial charge in [-0.2, -0.15) is 4.20 Å². The van der Waals surface area contributed by atoms with Crippen LogP contribution in [0.4, 0.5) is 4.20 Å². The fourth-order valence-corrected chi connectivity index (χ4v) is 2.73. The Morgan fingerprint density at radius 2 is 1.58 bits per heavy atom. The lowest BCUT2D eigenvalue weighted by atomic mass is 10.6. The number of hydrogen-bond acceptors (Lipinski definition) is 1. The molecule has 0 aliphatic rings. The van der Waals surface area contributed by atoms with E-state index in [9.17, 15) is 8.76 Å². The van der Waals surface area contributed by atoms with Gasteiger partial charge in [-0.1, -0.05) is 0 Å². The summed E-state index contributed by atoms with van der Waals surface area (Å²) in [4.78, 5) is 0. The fraction of sp³-hybridized carbons (Fsp3) is 1.00. The highest BCUT2D eigenvalue weighted by atomic mass is 35.5. The van der Waals surface area contributed by atoms with E-state index in [1.807, 2.05) is 0 Å². The molecule has 1 atom stereocenters. The maximum absolute atomic E-state index is 13.1. The molecule has 0 saturated carbocycles. The third-order valence-electron chi connectivity index (χ3n) is 1.26. The second kappa shape index (κ2) is 6.44. The van der Waals surface area contributed by atoms with Crippen molar-refractivity contribution in [1.82, 2.24) is 4.67 Å². The molecule has 2 nitrogen and oxygen atoms in total. The van der Waals surface area contributed by atoms with E-state index in [1.165, 1.54) is 0 Å². The first-order chi connectivity index (χ1) is 5.58. The Hall–Kier alpha value is 0.990. The lowest BCUT2D eigenvalue weighted by Gasteiger charge is -2.21. The van der Waals surface area contributed by atoms with Crippen LogP contribution in [0.15, 0.2) is 0 Å². The Labute approximate surface area is 86.5 Å². The van der Waals surface area contributed by atoms with E-state index in [4.69, 9.17) is 34.8 Å². The molecule has 7 heteroatoms. The molecule has 12 heavy (non-hydrogen) atoms. The Balaban J connectivity index is 4.17. The van der Waals surface area contributed by atoms with Crippen LogP contribution in [0, 0.1) is 0 Å². The maximum Gasteiger partial charge on any atom is 0.324 e. The SMILES string of the molecule is O=[P@](F)(CCl)N(CCCl)CCCl. The predicted molar refractivity (Wildman–Crippen MR) is 52.4 cm³/mol. The van der Waals surface area contributed by atoms with Crippen LogP contribution >= 0.6 is 42.4 Å². The van der Waals surface area contributed by atoms with Gasteiger partial charge in [0.05, 0.1) is 0 Å². The van der Waals surface area contributed by atoms with Crippen molar-refractivity contribution in [3.63, 3.8) is 0 Å². The Kier molecular flexibility index (Phi) is 6.98. The van der Waals surface area contributed by atoms with Crippen molar-refractivity contribution in [3.05, 3.63) is 0 Å². The minimum absolute atomic E-state index is 0.203. The fourth-order valence-electron chi connectivity index (χ4n) is 0.681. The lowest BCUT2D eigenvalue weighted by molar-refractivity contribution is 0.414. The maximum atomic E-state index is 13.1. The molecular weight excluding hydrogens is 246 g/mol. The average Bonchev–Trinajstić information content (AvgIpc) is 2.04. The van der Waals surface area contributed by atoms with Crippen LogP contribution < -0.4 is 0 Å². The average molecular weight is 256 g/mol. The first-order valence-electron chi connectivity index (χ1n) is 3.30. The van der Waals surface area contributed by atoms with Gasteiger partial charge in [0, 0.05) is 24.8 Å². The van der Waals surface area contributed by atoms with Crippen LogP contribution in [0.3, 0.4) is 0 Å². The van der Waals surface area contributed by atoms with Crippen molar-refractivity contribution in [2.75, 3.05) is 30.5 Å². The van der Waals surface area contributed by atoms with Crippen LogP contribution in [0.25, 0.3) is 0 Å². The van der Waals surface area contributed by atoms with Crippen molar-refractivity contribution >= 4 is 42.4 Å². The second-order valence-corrected chi connectivity index (χ2v) is 5.58. The third kappa shape index (κ3) is 4.29.